The van der Waals surface area contributed by atoms with Gasteiger partial charge in [-0.15, -0.1) is 0 Å². The fourth-order valence-corrected chi connectivity index (χ4v) is 3.04. The molecule has 1 amide bonds. The number of ether oxygens (including phenoxy) is 1. The Morgan fingerprint density at radius 1 is 1.15 bits per heavy atom. The zero-order chi connectivity index (χ0) is 19.2. The van der Waals surface area contributed by atoms with Gasteiger partial charge in [0, 0.05) is 37.6 Å². The van der Waals surface area contributed by atoms with Gasteiger partial charge in [-0.1, -0.05) is 18.2 Å². The number of anilines is 2. The average Bonchev–Trinajstić information content (AvgIpc) is 2.67. The molecule has 0 aromatic heterocycles. The van der Waals surface area contributed by atoms with Crippen LogP contribution >= 0.6 is 0 Å². The second kappa shape index (κ2) is 8.55. The molecule has 3 rings (SSSR count). The van der Waals surface area contributed by atoms with Crippen LogP contribution in [-0.4, -0.2) is 49.3 Å². The summed E-state index contributed by atoms with van der Waals surface area (Å²) in [7, 11) is 0. The second-order valence-electron chi connectivity index (χ2n) is 6.38. The van der Waals surface area contributed by atoms with Gasteiger partial charge in [0.25, 0.3) is 12.0 Å². The number of piperazine rings is 1. The molecule has 0 spiro atoms. The van der Waals surface area contributed by atoms with Crippen molar-refractivity contribution in [3.8, 4) is 5.75 Å². The van der Waals surface area contributed by atoms with Crippen LogP contribution in [0, 0.1) is 6.92 Å². The third kappa shape index (κ3) is 4.77. The van der Waals surface area contributed by atoms with Crippen molar-refractivity contribution >= 4 is 23.3 Å². The number of nitrogens with one attached hydrogen (secondary N) is 2. The molecule has 1 fully saturated rings. The lowest BCUT2D eigenvalue weighted by Crippen LogP contribution is -2.43. The van der Waals surface area contributed by atoms with E-state index in [0.717, 1.165) is 37.4 Å². The van der Waals surface area contributed by atoms with Crippen LogP contribution in [0.3, 0.4) is 0 Å². The highest BCUT2D eigenvalue weighted by molar-refractivity contribution is 6.07. The Bertz CT molecular complexity index is 804. The maximum Gasteiger partial charge on any atom is 0.354 e. The van der Waals surface area contributed by atoms with Gasteiger partial charge in [-0.25, -0.2) is 4.79 Å². The van der Waals surface area contributed by atoms with Gasteiger partial charge in [-0.3, -0.25) is 4.79 Å². The molecule has 7 nitrogen and oxygen atoms in total. The smallest absolute Gasteiger partial charge is 0.354 e. The summed E-state index contributed by atoms with van der Waals surface area (Å²) in [6.07, 6.45) is -1.63. The van der Waals surface area contributed by atoms with E-state index in [9.17, 15) is 14.7 Å². The highest BCUT2D eigenvalue weighted by Crippen LogP contribution is 2.26. The van der Waals surface area contributed by atoms with E-state index in [1.165, 1.54) is 0 Å². The Hall–Kier alpha value is -3.06. The molecule has 0 saturated carbocycles. The standard InChI is InChI=1S/C20H23N3O4/c1-14-13-16(7-8-17(14)23-11-9-21-10-12-23)27-18(20(25)26)19(24)22-15-5-3-2-4-6-15/h2-8,13,18,21H,9-12H2,1H3,(H,22,24)(H,25,26). The lowest BCUT2D eigenvalue weighted by molar-refractivity contribution is -0.149. The summed E-state index contributed by atoms with van der Waals surface area (Å²) in [6.45, 7) is 5.64. The van der Waals surface area contributed by atoms with Gasteiger partial charge in [0.2, 0.25) is 0 Å². The normalized spacial score (nSPS) is 15.1. The molecule has 0 aliphatic carbocycles. The van der Waals surface area contributed by atoms with E-state index < -0.39 is 18.0 Å². The molecule has 2 aromatic rings. The molecule has 0 bridgehead atoms. The number of carboxylic acids is 1. The van der Waals surface area contributed by atoms with Gasteiger partial charge in [0.15, 0.2) is 0 Å². The Morgan fingerprint density at radius 2 is 1.85 bits per heavy atom. The number of hydrogen-bond acceptors (Lipinski definition) is 5. The Balaban J connectivity index is 1.71. The van der Waals surface area contributed by atoms with Gasteiger partial charge in [-0.2, -0.15) is 0 Å². The maximum absolute atomic E-state index is 12.3. The van der Waals surface area contributed by atoms with Crippen molar-refractivity contribution < 1.29 is 19.4 Å². The van der Waals surface area contributed by atoms with Gasteiger partial charge in [-0.05, 0) is 42.8 Å². The lowest BCUT2D eigenvalue weighted by Gasteiger charge is -2.31. The number of carboxylic acid groups (broad SMARTS) is 1. The SMILES string of the molecule is Cc1cc(OC(C(=O)O)C(=O)Nc2ccccc2)ccc1N1CCNCC1. The third-order valence-corrected chi connectivity index (χ3v) is 4.38. The number of benzene rings is 2. The predicted octanol–water partition coefficient (Wildman–Crippen LogP) is 1.88. The largest absolute Gasteiger partial charge is 0.478 e. The summed E-state index contributed by atoms with van der Waals surface area (Å²) in [5.41, 5.74) is 2.58. The van der Waals surface area contributed by atoms with E-state index in [-0.39, 0.29) is 0 Å². The van der Waals surface area contributed by atoms with Crippen LogP contribution in [-0.2, 0) is 9.59 Å². The Labute approximate surface area is 157 Å². The van der Waals surface area contributed by atoms with E-state index in [0.29, 0.717) is 11.4 Å². The van der Waals surface area contributed by atoms with E-state index in [4.69, 9.17) is 4.74 Å². The number of nitrogens with zero attached hydrogens (tertiary/aromatic N) is 1. The molecule has 1 heterocycles. The molecule has 2 aromatic carbocycles. The molecule has 3 N–H and O–H groups in total. The number of para-hydroxylation sites is 1. The molecule has 1 aliphatic heterocycles. The van der Waals surface area contributed by atoms with Gasteiger partial charge < -0.3 is 25.4 Å². The average molecular weight is 369 g/mol. The molecule has 1 unspecified atom stereocenters. The predicted molar refractivity (Wildman–Crippen MR) is 103 cm³/mol. The van der Waals surface area contributed by atoms with Gasteiger partial charge in [0.05, 0.1) is 0 Å². The molecule has 7 heteroatoms. The molecular formula is C20H23N3O4. The maximum atomic E-state index is 12.3. The molecule has 27 heavy (non-hydrogen) atoms. The summed E-state index contributed by atoms with van der Waals surface area (Å²) < 4.78 is 5.49. The summed E-state index contributed by atoms with van der Waals surface area (Å²) in [5, 5.41) is 15.3. The van der Waals surface area contributed by atoms with Crippen LogP contribution < -0.4 is 20.3 Å². The van der Waals surface area contributed by atoms with Crippen LogP contribution in [0.1, 0.15) is 5.56 Å². The summed E-state index contributed by atoms with van der Waals surface area (Å²) in [6, 6.07) is 14.1. The molecular weight excluding hydrogens is 346 g/mol. The number of aryl methyl sites for hydroxylation is 1. The van der Waals surface area contributed by atoms with Crippen molar-refractivity contribution in [2.24, 2.45) is 0 Å². The van der Waals surface area contributed by atoms with Crippen molar-refractivity contribution in [2.75, 3.05) is 36.4 Å². The fourth-order valence-electron chi connectivity index (χ4n) is 3.04. The van der Waals surface area contributed by atoms with Crippen molar-refractivity contribution in [3.63, 3.8) is 0 Å². The van der Waals surface area contributed by atoms with Crippen molar-refractivity contribution in [1.29, 1.82) is 0 Å². The zero-order valence-corrected chi connectivity index (χ0v) is 15.1. The van der Waals surface area contributed by atoms with E-state index in [2.05, 4.69) is 15.5 Å². The topological polar surface area (TPSA) is 90.9 Å². The number of hydrogen-bond donors (Lipinski definition) is 3. The van der Waals surface area contributed by atoms with Crippen LogP contribution in [0.4, 0.5) is 11.4 Å². The second-order valence-corrected chi connectivity index (χ2v) is 6.38. The van der Waals surface area contributed by atoms with Gasteiger partial charge >= 0.3 is 5.97 Å². The fraction of sp³-hybridized carbons (Fsp3) is 0.300. The third-order valence-electron chi connectivity index (χ3n) is 4.38. The molecule has 142 valence electrons. The van der Waals surface area contributed by atoms with Crippen LogP contribution in [0.25, 0.3) is 0 Å². The highest BCUT2D eigenvalue weighted by Gasteiger charge is 2.29. The molecule has 1 aliphatic rings. The molecule has 0 radical (unpaired) electrons. The first-order valence-electron chi connectivity index (χ1n) is 8.86. The minimum absolute atomic E-state index is 0.349. The Kier molecular flexibility index (Phi) is 5.93. The van der Waals surface area contributed by atoms with Crippen LogP contribution in [0.15, 0.2) is 48.5 Å². The minimum Gasteiger partial charge on any atom is -0.478 e. The highest BCUT2D eigenvalue weighted by atomic mass is 16.5. The number of carbonyl (C=O) groups excluding carboxylic acids is 1. The van der Waals surface area contributed by atoms with E-state index >= 15 is 0 Å². The molecule has 1 saturated heterocycles. The van der Waals surface area contributed by atoms with Crippen molar-refractivity contribution in [2.45, 2.75) is 13.0 Å². The van der Waals surface area contributed by atoms with Gasteiger partial charge in [0.1, 0.15) is 5.75 Å². The minimum atomic E-state index is -1.63. The van der Waals surface area contributed by atoms with Crippen LogP contribution in [0.2, 0.25) is 0 Å². The van der Waals surface area contributed by atoms with E-state index in [1.54, 1.807) is 36.4 Å². The Morgan fingerprint density at radius 3 is 2.48 bits per heavy atom. The summed E-state index contributed by atoms with van der Waals surface area (Å²) >= 11 is 0. The first kappa shape index (κ1) is 18.7. The monoisotopic (exact) mass is 369 g/mol. The lowest BCUT2D eigenvalue weighted by atomic mass is 10.1. The number of rotatable bonds is 6. The number of amides is 1. The van der Waals surface area contributed by atoms with Crippen molar-refractivity contribution in [1.82, 2.24) is 5.32 Å². The zero-order valence-electron chi connectivity index (χ0n) is 15.1. The van der Waals surface area contributed by atoms with E-state index in [1.807, 2.05) is 19.1 Å². The van der Waals surface area contributed by atoms with Crippen LogP contribution in [0.5, 0.6) is 5.75 Å². The summed E-state index contributed by atoms with van der Waals surface area (Å²) in [5.74, 6) is -1.72. The number of carbonyl (C=O) groups is 2. The first-order valence-corrected chi connectivity index (χ1v) is 8.86. The molecule has 1 atom stereocenters. The quantitative estimate of drug-likeness (QED) is 0.674. The summed E-state index contributed by atoms with van der Waals surface area (Å²) in [4.78, 5) is 26.1. The number of aliphatic carboxylic acids is 1. The van der Waals surface area contributed by atoms with Crippen molar-refractivity contribution in [3.05, 3.63) is 54.1 Å². The first-order chi connectivity index (χ1) is 13.0.